The van der Waals surface area contributed by atoms with Gasteiger partial charge in [0.05, 0.1) is 0 Å². The Morgan fingerprint density at radius 2 is 2.06 bits per heavy atom. The van der Waals surface area contributed by atoms with Gasteiger partial charge >= 0.3 is 0 Å². The molecular weight excluding hydrogens is 198 g/mol. The topological polar surface area (TPSA) is 21.3 Å². The highest BCUT2D eigenvalue weighted by atomic mass is 16.5. The molecular formula is C14H23NO. The third-order valence-corrected chi connectivity index (χ3v) is 2.62. The van der Waals surface area contributed by atoms with Crippen molar-refractivity contribution >= 4 is 0 Å². The van der Waals surface area contributed by atoms with Gasteiger partial charge in [0.1, 0.15) is 0 Å². The Kier molecular flexibility index (Phi) is 6.86. The second-order valence-electron chi connectivity index (χ2n) is 4.19. The molecule has 0 unspecified atom stereocenters. The normalized spacial score (nSPS) is 10.6. The van der Waals surface area contributed by atoms with E-state index < -0.39 is 0 Å². The Balaban J connectivity index is 2.03. The SMILES string of the molecule is COCCCCNCCc1cccc(C)c1. The average Bonchev–Trinajstić information content (AvgIpc) is 2.28. The highest BCUT2D eigenvalue weighted by molar-refractivity contribution is 5.22. The lowest BCUT2D eigenvalue weighted by Gasteiger charge is -2.05. The first kappa shape index (κ1) is 13.2. The highest BCUT2D eigenvalue weighted by Gasteiger charge is 1.93. The monoisotopic (exact) mass is 221 g/mol. The van der Waals surface area contributed by atoms with Gasteiger partial charge in [0, 0.05) is 13.7 Å². The molecule has 1 aromatic carbocycles. The molecule has 1 N–H and O–H groups in total. The van der Waals surface area contributed by atoms with E-state index in [2.05, 4.69) is 36.5 Å². The lowest BCUT2D eigenvalue weighted by Crippen LogP contribution is -2.18. The highest BCUT2D eigenvalue weighted by Crippen LogP contribution is 2.03. The maximum absolute atomic E-state index is 5.00. The average molecular weight is 221 g/mol. The van der Waals surface area contributed by atoms with Crippen LogP contribution in [0.4, 0.5) is 0 Å². The number of ether oxygens (including phenoxy) is 1. The van der Waals surface area contributed by atoms with Gasteiger partial charge in [-0.1, -0.05) is 29.8 Å². The van der Waals surface area contributed by atoms with Gasteiger partial charge in [0.2, 0.25) is 0 Å². The van der Waals surface area contributed by atoms with Gasteiger partial charge < -0.3 is 10.1 Å². The number of aryl methyl sites for hydroxylation is 1. The van der Waals surface area contributed by atoms with Crippen LogP contribution in [0.15, 0.2) is 24.3 Å². The zero-order valence-electron chi connectivity index (χ0n) is 10.5. The first-order valence-corrected chi connectivity index (χ1v) is 6.08. The van der Waals surface area contributed by atoms with Crippen LogP contribution in [0.5, 0.6) is 0 Å². The summed E-state index contributed by atoms with van der Waals surface area (Å²) < 4.78 is 5.00. The number of hydrogen-bond donors (Lipinski definition) is 1. The largest absolute Gasteiger partial charge is 0.385 e. The molecule has 0 saturated carbocycles. The molecule has 0 spiro atoms. The van der Waals surface area contributed by atoms with E-state index in [1.165, 1.54) is 17.5 Å². The van der Waals surface area contributed by atoms with Crippen LogP contribution in [0.25, 0.3) is 0 Å². The van der Waals surface area contributed by atoms with E-state index in [0.717, 1.165) is 32.5 Å². The van der Waals surface area contributed by atoms with Crippen LogP contribution in [0.1, 0.15) is 24.0 Å². The number of methoxy groups -OCH3 is 1. The van der Waals surface area contributed by atoms with Crippen molar-refractivity contribution in [2.24, 2.45) is 0 Å². The van der Waals surface area contributed by atoms with Crippen molar-refractivity contribution in [3.63, 3.8) is 0 Å². The maximum Gasteiger partial charge on any atom is 0.0462 e. The summed E-state index contributed by atoms with van der Waals surface area (Å²) in [5, 5.41) is 3.46. The Morgan fingerprint density at radius 1 is 1.19 bits per heavy atom. The number of nitrogens with one attached hydrogen (secondary N) is 1. The molecule has 0 radical (unpaired) electrons. The van der Waals surface area contributed by atoms with Gasteiger partial charge in [-0.25, -0.2) is 0 Å². The Labute approximate surface area is 99.0 Å². The Bertz CT molecular complexity index is 286. The van der Waals surface area contributed by atoms with Crippen LogP contribution in [0, 0.1) is 6.92 Å². The van der Waals surface area contributed by atoms with E-state index in [4.69, 9.17) is 4.74 Å². The maximum atomic E-state index is 5.00. The van der Waals surface area contributed by atoms with Crippen molar-refractivity contribution < 1.29 is 4.74 Å². The third kappa shape index (κ3) is 5.89. The molecule has 2 nitrogen and oxygen atoms in total. The fraction of sp³-hybridized carbons (Fsp3) is 0.571. The standard InChI is InChI=1S/C14H23NO/c1-13-6-5-7-14(12-13)8-10-15-9-3-4-11-16-2/h5-7,12,15H,3-4,8-11H2,1-2H3. The van der Waals surface area contributed by atoms with Crippen LogP contribution in [-0.2, 0) is 11.2 Å². The van der Waals surface area contributed by atoms with Crippen molar-refractivity contribution in [2.45, 2.75) is 26.2 Å². The molecule has 0 aliphatic rings. The van der Waals surface area contributed by atoms with Crippen LogP contribution < -0.4 is 5.32 Å². The lowest BCUT2D eigenvalue weighted by molar-refractivity contribution is 0.192. The molecule has 0 aromatic heterocycles. The molecule has 0 aliphatic heterocycles. The van der Waals surface area contributed by atoms with Crippen molar-refractivity contribution in [3.8, 4) is 0 Å². The summed E-state index contributed by atoms with van der Waals surface area (Å²) >= 11 is 0. The number of rotatable bonds is 8. The first-order chi connectivity index (χ1) is 7.83. The van der Waals surface area contributed by atoms with Crippen molar-refractivity contribution in [2.75, 3.05) is 26.8 Å². The molecule has 0 heterocycles. The van der Waals surface area contributed by atoms with Gasteiger partial charge in [-0.15, -0.1) is 0 Å². The molecule has 90 valence electrons. The summed E-state index contributed by atoms with van der Waals surface area (Å²) in [7, 11) is 1.76. The van der Waals surface area contributed by atoms with E-state index in [-0.39, 0.29) is 0 Å². The van der Waals surface area contributed by atoms with Crippen molar-refractivity contribution in [1.82, 2.24) is 5.32 Å². The molecule has 2 heteroatoms. The molecule has 0 amide bonds. The van der Waals surface area contributed by atoms with E-state index in [0.29, 0.717) is 0 Å². The minimum atomic E-state index is 0.875. The second-order valence-corrected chi connectivity index (χ2v) is 4.19. The van der Waals surface area contributed by atoms with Crippen LogP contribution in [0.3, 0.4) is 0 Å². The van der Waals surface area contributed by atoms with Gasteiger partial charge in [-0.05, 0) is 44.8 Å². The van der Waals surface area contributed by atoms with E-state index in [1.54, 1.807) is 7.11 Å². The fourth-order valence-corrected chi connectivity index (χ4v) is 1.72. The minimum absolute atomic E-state index is 0.875. The second kappa shape index (κ2) is 8.31. The van der Waals surface area contributed by atoms with E-state index in [1.807, 2.05) is 0 Å². The number of unbranched alkanes of at least 4 members (excludes halogenated alkanes) is 1. The summed E-state index contributed by atoms with van der Waals surface area (Å²) in [6, 6.07) is 8.72. The van der Waals surface area contributed by atoms with Gasteiger partial charge in [0.15, 0.2) is 0 Å². The molecule has 16 heavy (non-hydrogen) atoms. The number of benzene rings is 1. The summed E-state index contributed by atoms with van der Waals surface area (Å²) in [5.74, 6) is 0. The van der Waals surface area contributed by atoms with Gasteiger partial charge in [0.25, 0.3) is 0 Å². The fourth-order valence-electron chi connectivity index (χ4n) is 1.72. The summed E-state index contributed by atoms with van der Waals surface area (Å²) in [4.78, 5) is 0. The Morgan fingerprint density at radius 3 is 2.81 bits per heavy atom. The minimum Gasteiger partial charge on any atom is -0.385 e. The quantitative estimate of drug-likeness (QED) is 0.681. The molecule has 0 atom stereocenters. The lowest BCUT2D eigenvalue weighted by atomic mass is 10.1. The molecule has 0 bridgehead atoms. The smallest absolute Gasteiger partial charge is 0.0462 e. The Hall–Kier alpha value is -0.860. The molecule has 0 fully saturated rings. The summed E-state index contributed by atoms with van der Waals surface area (Å²) in [5.41, 5.74) is 2.77. The van der Waals surface area contributed by atoms with Gasteiger partial charge in [-0.2, -0.15) is 0 Å². The number of hydrogen-bond acceptors (Lipinski definition) is 2. The van der Waals surface area contributed by atoms with Crippen molar-refractivity contribution in [3.05, 3.63) is 35.4 Å². The molecule has 0 aliphatic carbocycles. The zero-order valence-corrected chi connectivity index (χ0v) is 10.5. The zero-order chi connectivity index (χ0) is 11.6. The van der Waals surface area contributed by atoms with Crippen LogP contribution in [0.2, 0.25) is 0 Å². The summed E-state index contributed by atoms with van der Waals surface area (Å²) in [6.45, 7) is 5.17. The third-order valence-electron chi connectivity index (χ3n) is 2.62. The van der Waals surface area contributed by atoms with Crippen LogP contribution >= 0.6 is 0 Å². The molecule has 1 aromatic rings. The molecule has 0 saturated heterocycles. The molecule has 1 rings (SSSR count). The first-order valence-electron chi connectivity index (χ1n) is 6.08. The predicted molar refractivity (Wildman–Crippen MR) is 68.9 cm³/mol. The van der Waals surface area contributed by atoms with Crippen molar-refractivity contribution in [1.29, 1.82) is 0 Å². The van der Waals surface area contributed by atoms with E-state index in [9.17, 15) is 0 Å². The summed E-state index contributed by atoms with van der Waals surface area (Å²) in [6.07, 6.45) is 3.46. The van der Waals surface area contributed by atoms with Crippen LogP contribution in [-0.4, -0.2) is 26.8 Å². The van der Waals surface area contributed by atoms with E-state index >= 15 is 0 Å². The van der Waals surface area contributed by atoms with Gasteiger partial charge in [-0.3, -0.25) is 0 Å². The predicted octanol–water partition coefficient (Wildman–Crippen LogP) is 2.55.